The number of nitrogens with two attached hydrogens (primary N) is 1. The van der Waals surface area contributed by atoms with E-state index in [-0.39, 0.29) is 5.54 Å². The molecule has 0 saturated carbocycles. The van der Waals surface area contributed by atoms with Crippen LogP contribution in [0.3, 0.4) is 0 Å². The second kappa shape index (κ2) is 11.5. The Hall–Kier alpha value is -0.560. The highest BCUT2D eigenvalue weighted by atomic mass is 14.7. The lowest BCUT2D eigenvalue weighted by Gasteiger charge is -2.27. The van der Waals surface area contributed by atoms with Gasteiger partial charge in [-0.25, -0.2) is 0 Å². The zero-order valence-corrected chi connectivity index (χ0v) is 12.4. The molecule has 0 aromatic carbocycles. The number of rotatable bonds is 13. The SMILES string of the molecule is C=CCC(N)(CC=C)CCCCCCCCCC. The van der Waals surface area contributed by atoms with Crippen molar-refractivity contribution in [3.63, 3.8) is 0 Å². The average Bonchev–Trinajstić information content (AvgIpc) is 2.33. The molecule has 0 rings (SSSR count). The largest absolute Gasteiger partial charge is 0.325 e. The Kier molecular flexibility index (Phi) is 11.2. The zero-order chi connectivity index (χ0) is 13.7. The predicted molar refractivity (Wildman–Crippen MR) is 83.8 cm³/mol. The highest BCUT2D eigenvalue weighted by Crippen LogP contribution is 2.22. The summed E-state index contributed by atoms with van der Waals surface area (Å²) in [5.74, 6) is 0. The summed E-state index contributed by atoms with van der Waals surface area (Å²) in [6.07, 6.45) is 17.6. The summed E-state index contributed by atoms with van der Waals surface area (Å²) in [5, 5.41) is 0. The third-order valence-corrected chi connectivity index (χ3v) is 3.63. The summed E-state index contributed by atoms with van der Waals surface area (Å²) in [6.45, 7) is 9.86. The summed E-state index contributed by atoms with van der Waals surface area (Å²) in [7, 11) is 0. The van der Waals surface area contributed by atoms with Crippen molar-refractivity contribution < 1.29 is 0 Å². The van der Waals surface area contributed by atoms with Gasteiger partial charge in [-0.1, -0.05) is 70.4 Å². The van der Waals surface area contributed by atoms with Gasteiger partial charge in [0.2, 0.25) is 0 Å². The van der Waals surface area contributed by atoms with Crippen LogP contribution in [-0.4, -0.2) is 5.54 Å². The number of unbranched alkanes of at least 4 members (excludes halogenated alkanes) is 7. The van der Waals surface area contributed by atoms with Gasteiger partial charge >= 0.3 is 0 Å². The van der Waals surface area contributed by atoms with E-state index in [0.717, 1.165) is 19.3 Å². The molecular formula is C17H33N. The van der Waals surface area contributed by atoms with Crippen molar-refractivity contribution in [3.8, 4) is 0 Å². The molecule has 18 heavy (non-hydrogen) atoms. The normalized spacial score (nSPS) is 11.4. The first-order valence-electron chi connectivity index (χ1n) is 7.69. The van der Waals surface area contributed by atoms with Crippen LogP contribution in [0.1, 0.15) is 77.6 Å². The summed E-state index contributed by atoms with van der Waals surface area (Å²) in [5.41, 5.74) is 6.27. The first-order valence-corrected chi connectivity index (χ1v) is 7.69. The third-order valence-electron chi connectivity index (χ3n) is 3.63. The molecule has 106 valence electrons. The van der Waals surface area contributed by atoms with Crippen LogP contribution in [-0.2, 0) is 0 Å². The van der Waals surface area contributed by atoms with Gasteiger partial charge < -0.3 is 5.73 Å². The molecule has 0 unspecified atom stereocenters. The molecular weight excluding hydrogens is 218 g/mol. The van der Waals surface area contributed by atoms with Gasteiger partial charge in [-0.05, 0) is 19.3 Å². The van der Waals surface area contributed by atoms with E-state index >= 15 is 0 Å². The highest BCUT2D eigenvalue weighted by molar-refractivity contribution is 4.95. The Morgan fingerprint density at radius 1 is 0.833 bits per heavy atom. The molecule has 0 bridgehead atoms. The van der Waals surface area contributed by atoms with E-state index in [0.29, 0.717) is 0 Å². The van der Waals surface area contributed by atoms with Gasteiger partial charge in [-0.15, -0.1) is 13.2 Å². The van der Waals surface area contributed by atoms with Crippen LogP contribution in [0.5, 0.6) is 0 Å². The Balaban J connectivity index is 3.55. The van der Waals surface area contributed by atoms with Crippen molar-refractivity contribution in [3.05, 3.63) is 25.3 Å². The van der Waals surface area contributed by atoms with Crippen LogP contribution in [0.25, 0.3) is 0 Å². The van der Waals surface area contributed by atoms with E-state index in [1.54, 1.807) is 0 Å². The smallest absolute Gasteiger partial charge is 0.0223 e. The van der Waals surface area contributed by atoms with Crippen LogP contribution in [0, 0.1) is 0 Å². The van der Waals surface area contributed by atoms with E-state index in [9.17, 15) is 0 Å². The molecule has 0 radical (unpaired) electrons. The van der Waals surface area contributed by atoms with Crippen molar-refractivity contribution in [1.29, 1.82) is 0 Å². The summed E-state index contributed by atoms with van der Waals surface area (Å²) < 4.78 is 0. The molecule has 0 spiro atoms. The van der Waals surface area contributed by atoms with E-state index in [1.807, 2.05) is 12.2 Å². The fourth-order valence-electron chi connectivity index (χ4n) is 2.47. The Morgan fingerprint density at radius 3 is 1.72 bits per heavy atom. The average molecular weight is 251 g/mol. The Labute approximate surface area is 115 Å². The molecule has 0 aromatic rings. The Morgan fingerprint density at radius 2 is 1.28 bits per heavy atom. The van der Waals surface area contributed by atoms with E-state index < -0.39 is 0 Å². The van der Waals surface area contributed by atoms with Crippen molar-refractivity contribution >= 4 is 0 Å². The standard InChI is InChI=1S/C17H33N/c1-4-7-8-9-10-11-12-13-16-17(18,14-5-2)15-6-3/h5-6H,2-4,7-16,18H2,1H3. The van der Waals surface area contributed by atoms with Crippen molar-refractivity contribution in [2.75, 3.05) is 0 Å². The second-order valence-electron chi connectivity index (χ2n) is 5.57. The zero-order valence-electron chi connectivity index (χ0n) is 12.4. The van der Waals surface area contributed by atoms with Gasteiger partial charge in [0.1, 0.15) is 0 Å². The van der Waals surface area contributed by atoms with Crippen LogP contribution >= 0.6 is 0 Å². The maximum Gasteiger partial charge on any atom is 0.0223 e. The summed E-state index contributed by atoms with van der Waals surface area (Å²) in [4.78, 5) is 0. The molecule has 1 nitrogen and oxygen atoms in total. The van der Waals surface area contributed by atoms with Gasteiger partial charge in [0, 0.05) is 5.54 Å². The quantitative estimate of drug-likeness (QED) is 0.346. The molecule has 0 atom stereocenters. The molecule has 2 N–H and O–H groups in total. The molecule has 0 aromatic heterocycles. The van der Waals surface area contributed by atoms with E-state index in [2.05, 4.69) is 20.1 Å². The highest BCUT2D eigenvalue weighted by Gasteiger charge is 2.20. The van der Waals surface area contributed by atoms with Crippen LogP contribution in [0.2, 0.25) is 0 Å². The lowest BCUT2D eigenvalue weighted by atomic mass is 9.86. The number of hydrogen-bond acceptors (Lipinski definition) is 1. The molecule has 0 saturated heterocycles. The fourth-order valence-corrected chi connectivity index (χ4v) is 2.47. The lowest BCUT2D eigenvalue weighted by Crippen LogP contribution is -2.38. The third kappa shape index (κ3) is 9.47. The molecule has 0 aliphatic rings. The van der Waals surface area contributed by atoms with Gasteiger partial charge in [0.15, 0.2) is 0 Å². The van der Waals surface area contributed by atoms with Crippen LogP contribution < -0.4 is 5.73 Å². The van der Waals surface area contributed by atoms with Crippen molar-refractivity contribution in [2.24, 2.45) is 5.73 Å². The molecule has 0 heterocycles. The maximum atomic E-state index is 6.36. The molecule has 0 fully saturated rings. The van der Waals surface area contributed by atoms with Gasteiger partial charge in [0.05, 0.1) is 0 Å². The topological polar surface area (TPSA) is 26.0 Å². The first-order chi connectivity index (χ1) is 8.68. The summed E-state index contributed by atoms with van der Waals surface area (Å²) >= 11 is 0. The fraction of sp³-hybridized carbons (Fsp3) is 0.765. The van der Waals surface area contributed by atoms with Crippen molar-refractivity contribution in [1.82, 2.24) is 0 Å². The maximum absolute atomic E-state index is 6.36. The van der Waals surface area contributed by atoms with Crippen LogP contribution in [0.15, 0.2) is 25.3 Å². The molecule has 0 aliphatic heterocycles. The van der Waals surface area contributed by atoms with E-state index in [1.165, 1.54) is 51.4 Å². The van der Waals surface area contributed by atoms with Gasteiger partial charge in [-0.2, -0.15) is 0 Å². The van der Waals surface area contributed by atoms with Gasteiger partial charge in [-0.3, -0.25) is 0 Å². The summed E-state index contributed by atoms with van der Waals surface area (Å²) in [6, 6.07) is 0. The molecule has 0 amide bonds. The number of hydrogen-bond donors (Lipinski definition) is 1. The van der Waals surface area contributed by atoms with Gasteiger partial charge in [0.25, 0.3) is 0 Å². The first kappa shape index (κ1) is 17.4. The minimum atomic E-state index is -0.0916. The van der Waals surface area contributed by atoms with Crippen molar-refractivity contribution in [2.45, 2.75) is 83.1 Å². The second-order valence-corrected chi connectivity index (χ2v) is 5.57. The minimum absolute atomic E-state index is 0.0916. The predicted octanol–water partition coefficient (Wildman–Crippen LogP) is 5.37. The Bertz CT molecular complexity index is 198. The van der Waals surface area contributed by atoms with E-state index in [4.69, 9.17) is 5.73 Å². The lowest BCUT2D eigenvalue weighted by molar-refractivity contribution is 0.380. The monoisotopic (exact) mass is 251 g/mol. The molecule has 0 aliphatic carbocycles. The molecule has 1 heteroatoms. The minimum Gasteiger partial charge on any atom is -0.325 e. The van der Waals surface area contributed by atoms with Crippen LogP contribution in [0.4, 0.5) is 0 Å².